The number of esters is 2. The predicted octanol–water partition coefficient (Wildman–Crippen LogP) is 10.0. The van der Waals surface area contributed by atoms with Crippen LogP contribution in [0.15, 0.2) is 36.5 Å². The number of ketones is 1. The maximum absolute atomic E-state index is 12.7. The standard InChI is InChI=1S/C46H80NO12P/c1-3-5-7-8-9-10-11-12-13-14-15-16-17-18-19-20-25-29-44(50)56-35-40(36-57-60(54,55)58-37-42(47)46(52)53)59-45(51)30-26-22-21-24-27-38-31-34-43(49)41(38)33-32-39(48)28-23-6-4-2/h21,24,31-34,38-42,48H,3-20,22-23,25-30,35-37,47H2,1-2H3,(H,52,53)(H,54,55)/b24-21-,33-32+/t38-,39-,40+,41+,42-/m0/s1. The summed E-state index contributed by atoms with van der Waals surface area (Å²) in [5, 5.41) is 19.1. The van der Waals surface area contributed by atoms with E-state index in [1.54, 1.807) is 18.2 Å². The quantitative estimate of drug-likeness (QED) is 0.0196. The maximum atomic E-state index is 12.7. The molecular formula is C46H80NO12P. The molecule has 13 nitrogen and oxygen atoms in total. The van der Waals surface area contributed by atoms with Gasteiger partial charge in [0.2, 0.25) is 0 Å². The van der Waals surface area contributed by atoms with Crippen molar-refractivity contribution in [3.05, 3.63) is 36.5 Å². The summed E-state index contributed by atoms with van der Waals surface area (Å²) < 4.78 is 32.7. The highest BCUT2D eigenvalue weighted by atomic mass is 31.2. The number of phosphoric acid groups is 1. The lowest BCUT2D eigenvalue weighted by molar-refractivity contribution is -0.161. The summed E-state index contributed by atoms with van der Waals surface area (Å²) in [6, 6.07) is -1.55. The van der Waals surface area contributed by atoms with E-state index in [4.69, 9.17) is 24.8 Å². The first-order valence-corrected chi connectivity index (χ1v) is 24.6. The highest BCUT2D eigenvalue weighted by Gasteiger charge is 2.29. The molecule has 1 rings (SSSR count). The van der Waals surface area contributed by atoms with Gasteiger partial charge in [-0.25, -0.2) is 4.57 Å². The molecule has 1 aliphatic rings. The first kappa shape index (κ1) is 55.3. The third kappa shape index (κ3) is 30.4. The fourth-order valence-corrected chi connectivity index (χ4v) is 7.66. The summed E-state index contributed by atoms with van der Waals surface area (Å²) in [4.78, 5) is 58.6. The van der Waals surface area contributed by atoms with Gasteiger partial charge in [-0.05, 0) is 44.1 Å². The molecule has 0 aromatic carbocycles. The Labute approximate surface area is 360 Å². The number of rotatable bonds is 40. The Morgan fingerprint density at radius 1 is 0.750 bits per heavy atom. The van der Waals surface area contributed by atoms with Crippen molar-refractivity contribution >= 4 is 31.5 Å². The minimum absolute atomic E-state index is 0.0118. The van der Waals surface area contributed by atoms with Crippen LogP contribution < -0.4 is 5.73 Å². The molecule has 0 saturated heterocycles. The molecule has 14 heteroatoms. The summed E-state index contributed by atoms with van der Waals surface area (Å²) in [5.41, 5.74) is 5.34. The van der Waals surface area contributed by atoms with E-state index in [2.05, 4.69) is 18.4 Å². The van der Waals surface area contributed by atoms with Gasteiger partial charge in [-0.1, -0.05) is 166 Å². The number of carboxylic acid groups (broad SMARTS) is 1. The molecule has 0 saturated carbocycles. The maximum Gasteiger partial charge on any atom is 0.472 e. The van der Waals surface area contributed by atoms with Crippen molar-refractivity contribution in [2.45, 2.75) is 199 Å². The Morgan fingerprint density at radius 2 is 1.28 bits per heavy atom. The number of carbonyl (C=O) groups excluding carboxylic acids is 3. The van der Waals surface area contributed by atoms with Crippen molar-refractivity contribution in [2.75, 3.05) is 19.8 Å². The Bertz CT molecular complexity index is 1300. The van der Waals surface area contributed by atoms with E-state index in [1.807, 2.05) is 18.2 Å². The average Bonchev–Trinajstić information content (AvgIpc) is 3.57. The summed E-state index contributed by atoms with van der Waals surface area (Å²) in [5.74, 6) is -2.86. The molecule has 0 radical (unpaired) electrons. The third-order valence-corrected chi connectivity index (χ3v) is 11.6. The number of phosphoric ester groups is 1. The monoisotopic (exact) mass is 870 g/mol. The van der Waals surface area contributed by atoms with Gasteiger partial charge >= 0.3 is 25.7 Å². The number of carboxylic acids is 1. The van der Waals surface area contributed by atoms with Crippen LogP contribution in [0.2, 0.25) is 0 Å². The molecule has 0 aromatic heterocycles. The van der Waals surface area contributed by atoms with Crippen molar-refractivity contribution in [1.29, 1.82) is 0 Å². The van der Waals surface area contributed by atoms with E-state index < -0.39 is 63.8 Å². The number of nitrogens with two attached hydrogens (primary N) is 1. The second kappa shape index (κ2) is 35.9. The molecule has 0 fully saturated rings. The van der Waals surface area contributed by atoms with Gasteiger partial charge < -0.3 is 30.3 Å². The van der Waals surface area contributed by atoms with Gasteiger partial charge in [-0.2, -0.15) is 0 Å². The zero-order chi connectivity index (χ0) is 44.3. The minimum atomic E-state index is -4.77. The van der Waals surface area contributed by atoms with Gasteiger partial charge in [0.25, 0.3) is 0 Å². The number of aliphatic hydroxyl groups is 1. The van der Waals surface area contributed by atoms with Crippen LogP contribution in [0.1, 0.15) is 181 Å². The van der Waals surface area contributed by atoms with Crippen molar-refractivity contribution in [3.63, 3.8) is 0 Å². The molecule has 346 valence electrons. The first-order chi connectivity index (χ1) is 28.9. The Morgan fingerprint density at radius 3 is 1.87 bits per heavy atom. The summed E-state index contributed by atoms with van der Waals surface area (Å²) >= 11 is 0. The van der Waals surface area contributed by atoms with Gasteiger partial charge in [-0.3, -0.25) is 28.2 Å². The topological polar surface area (TPSA) is 209 Å². The minimum Gasteiger partial charge on any atom is -0.480 e. The number of hydrogen-bond acceptors (Lipinski definition) is 11. The molecule has 60 heavy (non-hydrogen) atoms. The Balaban J connectivity index is 2.43. The first-order valence-electron chi connectivity index (χ1n) is 23.1. The van der Waals surface area contributed by atoms with E-state index in [1.165, 1.54) is 83.5 Å². The van der Waals surface area contributed by atoms with Crippen molar-refractivity contribution in [2.24, 2.45) is 17.6 Å². The number of unbranched alkanes of at least 4 members (excludes halogenated alkanes) is 19. The molecular weight excluding hydrogens is 789 g/mol. The van der Waals surface area contributed by atoms with Crippen molar-refractivity contribution in [3.8, 4) is 0 Å². The Kier molecular flexibility index (Phi) is 33.1. The van der Waals surface area contributed by atoms with Crippen LogP contribution in [0.25, 0.3) is 0 Å². The molecule has 0 bridgehead atoms. The largest absolute Gasteiger partial charge is 0.480 e. The van der Waals surface area contributed by atoms with Crippen LogP contribution in [0.4, 0.5) is 0 Å². The number of allylic oxidation sites excluding steroid dienone is 5. The van der Waals surface area contributed by atoms with E-state index in [9.17, 15) is 33.7 Å². The second-order valence-corrected chi connectivity index (χ2v) is 17.7. The van der Waals surface area contributed by atoms with Crippen molar-refractivity contribution < 1.29 is 57.4 Å². The van der Waals surface area contributed by atoms with Gasteiger partial charge in [0.15, 0.2) is 11.9 Å². The van der Waals surface area contributed by atoms with E-state index in [0.717, 1.165) is 38.5 Å². The lowest BCUT2D eigenvalue weighted by atomic mass is 9.90. The SMILES string of the molecule is CCCCCCCCCCCCCCCCCCCC(=O)OC[C@H](COP(=O)(O)OC[C@H](N)C(=O)O)OC(=O)CCC/C=C\C[C@H]1C=CC(=O)[C@@H]1/C=C/[C@@H](O)CCCCC. The lowest BCUT2D eigenvalue weighted by Crippen LogP contribution is -2.34. The highest BCUT2D eigenvalue weighted by molar-refractivity contribution is 7.47. The van der Waals surface area contributed by atoms with Gasteiger partial charge in [0, 0.05) is 18.8 Å². The lowest BCUT2D eigenvalue weighted by Gasteiger charge is -2.20. The molecule has 6 atom stereocenters. The second-order valence-electron chi connectivity index (χ2n) is 16.2. The van der Waals surface area contributed by atoms with Gasteiger partial charge in [0.05, 0.1) is 19.3 Å². The number of ether oxygens (including phenoxy) is 2. The molecule has 0 aromatic rings. The fourth-order valence-electron chi connectivity index (χ4n) is 6.88. The van der Waals surface area contributed by atoms with Crippen LogP contribution in [0.3, 0.4) is 0 Å². The molecule has 0 spiro atoms. The molecule has 0 amide bonds. The number of hydrogen-bond donors (Lipinski definition) is 4. The van der Waals surface area contributed by atoms with E-state index in [0.29, 0.717) is 32.1 Å². The van der Waals surface area contributed by atoms with E-state index in [-0.39, 0.29) is 30.5 Å². The zero-order valence-electron chi connectivity index (χ0n) is 36.9. The number of carbonyl (C=O) groups is 4. The van der Waals surface area contributed by atoms with Crippen LogP contribution in [0, 0.1) is 11.8 Å². The summed E-state index contributed by atoms with van der Waals surface area (Å²) in [7, 11) is -4.77. The zero-order valence-corrected chi connectivity index (χ0v) is 37.8. The van der Waals surface area contributed by atoms with Gasteiger partial charge in [-0.15, -0.1) is 0 Å². The van der Waals surface area contributed by atoms with Gasteiger partial charge in [0.1, 0.15) is 12.6 Å². The fraction of sp³-hybridized carbons (Fsp3) is 0.783. The van der Waals surface area contributed by atoms with Crippen LogP contribution in [-0.4, -0.2) is 76.9 Å². The van der Waals surface area contributed by atoms with Crippen LogP contribution >= 0.6 is 7.82 Å². The van der Waals surface area contributed by atoms with Crippen molar-refractivity contribution in [1.82, 2.24) is 0 Å². The van der Waals surface area contributed by atoms with E-state index >= 15 is 0 Å². The normalized spacial score (nSPS) is 17.9. The van der Waals surface area contributed by atoms with Crippen LogP contribution in [0.5, 0.6) is 0 Å². The smallest absolute Gasteiger partial charge is 0.472 e. The van der Waals surface area contributed by atoms with Crippen LogP contribution in [-0.2, 0) is 42.3 Å². The third-order valence-electron chi connectivity index (χ3n) is 10.6. The Hall–Kier alpha value is -2.67. The molecule has 0 aliphatic heterocycles. The highest BCUT2D eigenvalue weighted by Crippen LogP contribution is 2.43. The molecule has 0 heterocycles. The average molecular weight is 870 g/mol. The number of aliphatic carboxylic acids is 1. The molecule has 1 unspecified atom stereocenters. The molecule has 1 aliphatic carbocycles. The molecule has 5 N–H and O–H groups in total. The number of aliphatic hydroxyl groups excluding tert-OH is 1. The summed E-state index contributed by atoms with van der Waals surface area (Å²) in [6.07, 6.45) is 35.5. The summed E-state index contributed by atoms with van der Waals surface area (Å²) in [6.45, 7) is 2.52. The predicted molar refractivity (Wildman–Crippen MR) is 235 cm³/mol.